The number of phenolic OH excluding ortho intramolecular Hbond substituents is 1. The Morgan fingerprint density at radius 2 is 1.81 bits per heavy atom. The van der Waals surface area contributed by atoms with Gasteiger partial charge in [0.1, 0.15) is 11.3 Å². The number of nitrogens with zero attached hydrogens (tertiary/aromatic N) is 1. The van der Waals surface area contributed by atoms with Gasteiger partial charge in [-0.15, -0.1) is 0 Å². The zero-order chi connectivity index (χ0) is 22.6. The lowest BCUT2D eigenvalue weighted by atomic mass is 9.97. The highest BCUT2D eigenvalue weighted by molar-refractivity contribution is 6.31. The van der Waals surface area contributed by atoms with Crippen molar-refractivity contribution >= 4 is 28.5 Å². The summed E-state index contributed by atoms with van der Waals surface area (Å²) in [7, 11) is 0. The molecular weight excluding hydrogens is 426 g/mol. The Balaban J connectivity index is 1.78. The van der Waals surface area contributed by atoms with E-state index < -0.39 is 6.04 Å². The Kier molecular flexibility index (Phi) is 4.79. The van der Waals surface area contributed by atoms with Gasteiger partial charge in [0.05, 0.1) is 17.0 Å². The van der Waals surface area contributed by atoms with Crippen molar-refractivity contribution in [3.63, 3.8) is 0 Å². The standard InChI is InChI=1S/C26H20ClNO4/c1-14-10-15(2)24-19(11-14)23(30)21-22(16-7-5-8-18(29)12-16)28(26(31)25(21)32-24)13-17-6-3-4-9-20(17)27/h3-12,22,29H,13H2,1-2H3/t22-/m1/s1. The van der Waals surface area contributed by atoms with Crippen molar-refractivity contribution in [3.05, 3.63) is 109 Å². The number of halogens is 1. The van der Waals surface area contributed by atoms with Gasteiger partial charge in [-0.25, -0.2) is 0 Å². The van der Waals surface area contributed by atoms with E-state index in [9.17, 15) is 14.7 Å². The maximum Gasteiger partial charge on any atom is 0.291 e. The summed E-state index contributed by atoms with van der Waals surface area (Å²) in [6.07, 6.45) is 0. The first kappa shape index (κ1) is 20.3. The summed E-state index contributed by atoms with van der Waals surface area (Å²) in [4.78, 5) is 28.8. The zero-order valence-corrected chi connectivity index (χ0v) is 18.3. The molecule has 0 radical (unpaired) electrons. The topological polar surface area (TPSA) is 70.8 Å². The maximum absolute atomic E-state index is 13.7. The number of benzene rings is 3. The molecule has 160 valence electrons. The van der Waals surface area contributed by atoms with Gasteiger partial charge >= 0.3 is 0 Å². The number of rotatable bonds is 3. The molecule has 32 heavy (non-hydrogen) atoms. The lowest BCUT2D eigenvalue weighted by Gasteiger charge is -2.25. The normalized spacial score (nSPS) is 15.4. The predicted molar refractivity (Wildman–Crippen MR) is 123 cm³/mol. The minimum absolute atomic E-state index is 0.0369. The summed E-state index contributed by atoms with van der Waals surface area (Å²) in [6, 6.07) is 16.9. The number of hydrogen-bond donors (Lipinski definition) is 1. The highest BCUT2D eigenvalue weighted by atomic mass is 35.5. The van der Waals surface area contributed by atoms with Gasteiger partial charge in [0.15, 0.2) is 5.43 Å². The number of aryl methyl sites for hydroxylation is 2. The molecule has 1 N–H and O–H groups in total. The molecule has 0 saturated carbocycles. The van der Waals surface area contributed by atoms with Crippen molar-refractivity contribution in [1.29, 1.82) is 0 Å². The van der Waals surface area contributed by atoms with Gasteiger partial charge < -0.3 is 14.4 Å². The molecule has 0 fully saturated rings. The largest absolute Gasteiger partial charge is 0.508 e. The minimum atomic E-state index is -0.706. The molecule has 4 aromatic rings. The van der Waals surface area contributed by atoms with E-state index in [4.69, 9.17) is 16.0 Å². The van der Waals surface area contributed by atoms with Crippen molar-refractivity contribution in [2.75, 3.05) is 0 Å². The van der Waals surface area contributed by atoms with Gasteiger partial charge in [-0.3, -0.25) is 9.59 Å². The Morgan fingerprint density at radius 1 is 1.03 bits per heavy atom. The monoisotopic (exact) mass is 445 g/mol. The van der Waals surface area contributed by atoms with E-state index in [0.29, 0.717) is 21.6 Å². The number of phenols is 1. The summed E-state index contributed by atoms with van der Waals surface area (Å²) < 4.78 is 6.08. The molecule has 2 heterocycles. The fraction of sp³-hybridized carbons (Fsp3) is 0.154. The van der Waals surface area contributed by atoms with E-state index in [1.807, 2.05) is 38.1 Å². The molecule has 3 aromatic carbocycles. The van der Waals surface area contributed by atoms with Crippen LogP contribution in [-0.4, -0.2) is 15.9 Å². The summed E-state index contributed by atoms with van der Waals surface area (Å²) in [5.41, 5.74) is 3.58. The van der Waals surface area contributed by atoms with E-state index >= 15 is 0 Å². The molecule has 0 unspecified atom stereocenters. The molecule has 0 saturated heterocycles. The number of fused-ring (bicyclic) bond motifs is 2. The lowest BCUT2D eigenvalue weighted by Crippen LogP contribution is -2.29. The molecular formula is C26H20ClNO4. The van der Waals surface area contributed by atoms with E-state index in [2.05, 4.69) is 0 Å². The van der Waals surface area contributed by atoms with Gasteiger partial charge in [-0.1, -0.05) is 48.0 Å². The molecule has 1 aromatic heterocycles. The van der Waals surface area contributed by atoms with Crippen LogP contribution in [0.4, 0.5) is 0 Å². The van der Waals surface area contributed by atoms with E-state index in [-0.39, 0.29) is 35.0 Å². The first-order valence-electron chi connectivity index (χ1n) is 10.3. The Labute approximate surface area is 189 Å². The van der Waals surface area contributed by atoms with Crippen LogP contribution in [0, 0.1) is 13.8 Å². The third kappa shape index (κ3) is 3.17. The number of amides is 1. The Morgan fingerprint density at radius 3 is 2.56 bits per heavy atom. The molecule has 0 spiro atoms. The van der Waals surface area contributed by atoms with Gasteiger partial charge in [-0.05, 0) is 60.4 Å². The number of aromatic hydroxyl groups is 1. The molecule has 0 bridgehead atoms. The van der Waals surface area contributed by atoms with Gasteiger partial charge in [0, 0.05) is 11.6 Å². The predicted octanol–water partition coefficient (Wildman–Crippen LogP) is 5.51. The molecule has 6 heteroatoms. The fourth-order valence-corrected chi connectivity index (χ4v) is 4.68. The second-order valence-electron chi connectivity index (χ2n) is 8.15. The SMILES string of the molecule is Cc1cc(C)c2oc3c(c(=O)c2c1)[C@@H](c1cccc(O)c1)N(Cc1ccccc1Cl)C3=O. The van der Waals surface area contributed by atoms with Crippen molar-refractivity contribution < 1.29 is 14.3 Å². The van der Waals surface area contributed by atoms with Gasteiger partial charge in [-0.2, -0.15) is 0 Å². The quantitative estimate of drug-likeness (QED) is 0.451. The lowest BCUT2D eigenvalue weighted by molar-refractivity contribution is 0.0714. The summed E-state index contributed by atoms with van der Waals surface area (Å²) in [5.74, 6) is -0.292. The van der Waals surface area contributed by atoms with Crippen LogP contribution in [-0.2, 0) is 6.54 Å². The first-order chi connectivity index (χ1) is 15.3. The fourth-order valence-electron chi connectivity index (χ4n) is 4.49. The smallest absolute Gasteiger partial charge is 0.291 e. The first-order valence-corrected chi connectivity index (χ1v) is 10.6. The number of hydrogen-bond acceptors (Lipinski definition) is 4. The van der Waals surface area contributed by atoms with Crippen LogP contribution in [0.25, 0.3) is 11.0 Å². The van der Waals surface area contributed by atoms with Crippen LogP contribution in [0.1, 0.15) is 44.4 Å². The van der Waals surface area contributed by atoms with Crippen molar-refractivity contribution in [3.8, 4) is 5.75 Å². The third-order valence-electron chi connectivity index (χ3n) is 5.88. The summed E-state index contributed by atoms with van der Waals surface area (Å²) in [5, 5.41) is 11.1. The van der Waals surface area contributed by atoms with E-state index in [1.54, 1.807) is 41.3 Å². The highest BCUT2D eigenvalue weighted by Crippen LogP contribution is 2.40. The molecule has 0 aliphatic carbocycles. The molecule has 1 aliphatic heterocycles. The second-order valence-corrected chi connectivity index (χ2v) is 8.56. The highest BCUT2D eigenvalue weighted by Gasteiger charge is 2.43. The van der Waals surface area contributed by atoms with Crippen molar-refractivity contribution in [2.24, 2.45) is 0 Å². The second kappa shape index (κ2) is 7.53. The molecule has 5 nitrogen and oxygen atoms in total. The summed E-state index contributed by atoms with van der Waals surface area (Å²) in [6.45, 7) is 3.97. The van der Waals surface area contributed by atoms with Crippen LogP contribution < -0.4 is 5.43 Å². The van der Waals surface area contributed by atoms with Crippen LogP contribution in [0.15, 0.2) is 69.9 Å². The van der Waals surface area contributed by atoms with E-state index in [0.717, 1.165) is 16.7 Å². The third-order valence-corrected chi connectivity index (χ3v) is 6.25. The zero-order valence-electron chi connectivity index (χ0n) is 17.6. The minimum Gasteiger partial charge on any atom is -0.508 e. The molecule has 1 aliphatic rings. The average molecular weight is 446 g/mol. The number of carbonyl (C=O) groups excluding carboxylic acids is 1. The molecule has 5 rings (SSSR count). The van der Waals surface area contributed by atoms with Crippen molar-refractivity contribution in [2.45, 2.75) is 26.4 Å². The van der Waals surface area contributed by atoms with Crippen molar-refractivity contribution in [1.82, 2.24) is 4.90 Å². The van der Waals surface area contributed by atoms with E-state index in [1.165, 1.54) is 0 Å². The summed E-state index contributed by atoms with van der Waals surface area (Å²) >= 11 is 6.37. The van der Waals surface area contributed by atoms with Crippen LogP contribution in [0.5, 0.6) is 5.75 Å². The molecule has 1 amide bonds. The van der Waals surface area contributed by atoms with Gasteiger partial charge in [0.25, 0.3) is 5.91 Å². The average Bonchev–Trinajstić information content (AvgIpc) is 3.03. The van der Waals surface area contributed by atoms with Crippen LogP contribution >= 0.6 is 11.6 Å². The Bertz CT molecular complexity index is 1460. The van der Waals surface area contributed by atoms with Gasteiger partial charge in [0.2, 0.25) is 5.76 Å². The Hall–Kier alpha value is -3.57. The van der Waals surface area contributed by atoms with Crippen LogP contribution in [0.2, 0.25) is 5.02 Å². The maximum atomic E-state index is 13.7. The van der Waals surface area contributed by atoms with Crippen LogP contribution in [0.3, 0.4) is 0 Å². The molecule has 1 atom stereocenters. The number of carbonyl (C=O) groups is 1.